The predicted molar refractivity (Wildman–Crippen MR) is 88.2 cm³/mol. The van der Waals surface area contributed by atoms with Gasteiger partial charge in [0.1, 0.15) is 0 Å². The minimum Gasteiger partial charge on any atom is -0.399 e. The summed E-state index contributed by atoms with van der Waals surface area (Å²) in [5.74, 6) is 0. The molecule has 6 nitrogen and oxygen atoms in total. The van der Waals surface area contributed by atoms with Gasteiger partial charge in [-0.1, -0.05) is 12.1 Å². The highest BCUT2D eigenvalue weighted by atomic mass is 16.3. The smallest absolute Gasteiger partial charge is 0.0555 e. The average molecular weight is 295 g/mol. The van der Waals surface area contributed by atoms with Crippen molar-refractivity contribution in [1.82, 2.24) is 16.0 Å². The first-order valence-corrected chi connectivity index (χ1v) is 7.55. The van der Waals surface area contributed by atoms with E-state index >= 15 is 0 Å². The molecule has 21 heavy (non-hydrogen) atoms. The number of nitrogens with one attached hydrogen (secondary N) is 3. The average Bonchev–Trinajstić information content (AvgIpc) is 2.48. The van der Waals surface area contributed by atoms with E-state index in [4.69, 9.17) is 16.6 Å². The molecule has 0 fully saturated rings. The molecule has 0 spiro atoms. The van der Waals surface area contributed by atoms with Crippen molar-refractivity contribution in [2.45, 2.75) is 12.5 Å². The number of hydrogen-bond acceptors (Lipinski definition) is 6. The van der Waals surface area contributed by atoms with E-state index in [0.717, 1.165) is 44.8 Å². The molecule has 1 rings (SSSR count). The van der Waals surface area contributed by atoms with Crippen LogP contribution in [0.5, 0.6) is 0 Å². The Morgan fingerprint density at radius 2 is 1.48 bits per heavy atom. The van der Waals surface area contributed by atoms with Crippen molar-refractivity contribution in [3.63, 3.8) is 0 Å². The van der Waals surface area contributed by atoms with Crippen LogP contribution in [0.4, 0.5) is 5.69 Å². The van der Waals surface area contributed by atoms with Gasteiger partial charge in [0, 0.05) is 51.0 Å². The quantitative estimate of drug-likeness (QED) is 0.216. The topological polar surface area (TPSA) is 108 Å². The van der Waals surface area contributed by atoms with Gasteiger partial charge in [-0.2, -0.15) is 0 Å². The summed E-state index contributed by atoms with van der Waals surface area (Å²) in [6.45, 7) is 5.23. The van der Waals surface area contributed by atoms with Crippen LogP contribution >= 0.6 is 0 Å². The molecule has 1 atom stereocenters. The van der Waals surface area contributed by atoms with Crippen molar-refractivity contribution >= 4 is 5.69 Å². The molecule has 0 amide bonds. The number of benzene rings is 1. The van der Waals surface area contributed by atoms with E-state index in [0.29, 0.717) is 6.54 Å². The van der Waals surface area contributed by atoms with Crippen LogP contribution in [0.2, 0.25) is 0 Å². The second-order valence-corrected chi connectivity index (χ2v) is 5.13. The fourth-order valence-electron chi connectivity index (χ4n) is 2.00. The van der Waals surface area contributed by atoms with Gasteiger partial charge in [-0.15, -0.1) is 0 Å². The number of aliphatic hydroxyl groups is 1. The van der Waals surface area contributed by atoms with Gasteiger partial charge >= 0.3 is 0 Å². The molecule has 0 aliphatic carbocycles. The third-order valence-electron chi connectivity index (χ3n) is 3.13. The Labute approximate surface area is 127 Å². The Hall–Kier alpha value is -1.18. The maximum Gasteiger partial charge on any atom is 0.0555 e. The summed E-state index contributed by atoms with van der Waals surface area (Å²) in [7, 11) is 0. The van der Waals surface area contributed by atoms with Crippen LogP contribution in [0, 0.1) is 0 Å². The standard InChI is InChI=1S/C15H29N5O/c16-14-3-1-13(2-4-14)11-15(17)12-20-8-7-18-5-6-19-9-10-21/h1-4,15,18-21H,5-12,16-17H2. The summed E-state index contributed by atoms with van der Waals surface area (Å²) in [5, 5.41) is 18.4. The summed E-state index contributed by atoms with van der Waals surface area (Å²) in [6.07, 6.45) is 0.853. The van der Waals surface area contributed by atoms with E-state index < -0.39 is 0 Å². The van der Waals surface area contributed by atoms with Crippen LogP contribution in [-0.2, 0) is 6.42 Å². The van der Waals surface area contributed by atoms with E-state index in [-0.39, 0.29) is 12.6 Å². The SMILES string of the molecule is Nc1ccc(CC(N)CNCCNCCNCCO)cc1. The molecule has 6 heteroatoms. The van der Waals surface area contributed by atoms with Crippen molar-refractivity contribution in [2.24, 2.45) is 5.73 Å². The summed E-state index contributed by atoms with van der Waals surface area (Å²) < 4.78 is 0. The first-order valence-electron chi connectivity index (χ1n) is 7.55. The first kappa shape index (κ1) is 17.9. The Morgan fingerprint density at radius 3 is 2.10 bits per heavy atom. The molecule has 0 aliphatic heterocycles. The van der Waals surface area contributed by atoms with Gasteiger partial charge in [0.15, 0.2) is 0 Å². The second kappa shape index (κ2) is 11.5. The first-order chi connectivity index (χ1) is 10.2. The fourth-order valence-corrected chi connectivity index (χ4v) is 2.00. The van der Waals surface area contributed by atoms with Crippen LogP contribution in [0.25, 0.3) is 0 Å². The molecular weight excluding hydrogens is 266 g/mol. The van der Waals surface area contributed by atoms with Crippen LogP contribution in [0.15, 0.2) is 24.3 Å². The van der Waals surface area contributed by atoms with Crippen molar-refractivity contribution in [2.75, 3.05) is 51.6 Å². The molecule has 0 radical (unpaired) electrons. The van der Waals surface area contributed by atoms with E-state index in [1.807, 2.05) is 24.3 Å². The minimum atomic E-state index is 0.111. The van der Waals surface area contributed by atoms with Crippen LogP contribution < -0.4 is 27.4 Å². The van der Waals surface area contributed by atoms with Crippen molar-refractivity contribution in [3.8, 4) is 0 Å². The van der Waals surface area contributed by atoms with Gasteiger partial charge < -0.3 is 32.5 Å². The fraction of sp³-hybridized carbons (Fsp3) is 0.600. The third-order valence-corrected chi connectivity index (χ3v) is 3.13. The maximum atomic E-state index is 8.60. The molecular formula is C15H29N5O. The van der Waals surface area contributed by atoms with Gasteiger partial charge in [0.25, 0.3) is 0 Å². The lowest BCUT2D eigenvalue weighted by Crippen LogP contribution is -2.39. The van der Waals surface area contributed by atoms with E-state index in [2.05, 4.69) is 16.0 Å². The number of aliphatic hydroxyl groups excluding tert-OH is 1. The number of nitrogens with two attached hydrogens (primary N) is 2. The molecule has 1 unspecified atom stereocenters. The molecule has 0 heterocycles. The number of hydrogen-bond donors (Lipinski definition) is 6. The number of anilines is 1. The monoisotopic (exact) mass is 295 g/mol. The highest BCUT2D eigenvalue weighted by Gasteiger charge is 2.03. The summed E-state index contributed by atoms with van der Waals surface area (Å²) in [5.41, 5.74) is 13.7. The molecule has 0 aromatic heterocycles. The van der Waals surface area contributed by atoms with Crippen molar-refractivity contribution < 1.29 is 5.11 Å². The highest BCUT2D eigenvalue weighted by molar-refractivity contribution is 5.39. The van der Waals surface area contributed by atoms with Gasteiger partial charge in [-0.05, 0) is 24.1 Å². The highest BCUT2D eigenvalue weighted by Crippen LogP contribution is 2.06. The third kappa shape index (κ3) is 9.38. The van der Waals surface area contributed by atoms with Crippen LogP contribution in [0.3, 0.4) is 0 Å². The lowest BCUT2D eigenvalue weighted by Gasteiger charge is -2.13. The Kier molecular flexibility index (Phi) is 9.77. The van der Waals surface area contributed by atoms with Crippen molar-refractivity contribution in [3.05, 3.63) is 29.8 Å². The van der Waals surface area contributed by atoms with Gasteiger partial charge in [0.05, 0.1) is 6.61 Å². The Balaban J connectivity index is 1.96. The number of rotatable bonds is 12. The van der Waals surface area contributed by atoms with Crippen LogP contribution in [0.1, 0.15) is 5.56 Å². The van der Waals surface area contributed by atoms with Crippen LogP contribution in [-0.4, -0.2) is 57.0 Å². The molecule has 1 aromatic rings. The molecule has 120 valence electrons. The van der Waals surface area contributed by atoms with Gasteiger partial charge in [0.2, 0.25) is 0 Å². The molecule has 0 saturated carbocycles. The molecule has 0 bridgehead atoms. The molecule has 0 aliphatic rings. The normalized spacial score (nSPS) is 12.5. The van der Waals surface area contributed by atoms with Gasteiger partial charge in [-0.25, -0.2) is 0 Å². The zero-order chi connectivity index (χ0) is 15.3. The molecule has 1 aromatic carbocycles. The number of nitrogen functional groups attached to an aromatic ring is 1. The maximum absolute atomic E-state index is 8.60. The zero-order valence-corrected chi connectivity index (χ0v) is 12.6. The predicted octanol–water partition coefficient (Wildman–Crippen LogP) is -1.10. The zero-order valence-electron chi connectivity index (χ0n) is 12.6. The van der Waals surface area contributed by atoms with Gasteiger partial charge in [-0.3, -0.25) is 0 Å². The second-order valence-electron chi connectivity index (χ2n) is 5.13. The summed E-state index contributed by atoms with van der Waals surface area (Å²) >= 11 is 0. The largest absolute Gasteiger partial charge is 0.399 e. The Morgan fingerprint density at radius 1 is 0.905 bits per heavy atom. The summed E-state index contributed by atoms with van der Waals surface area (Å²) in [6, 6.07) is 7.97. The lowest BCUT2D eigenvalue weighted by atomic mass is 10.1. The van der Waals surface area contributed by atoms with E-state index in [9.17, 15) is 0 Å². The minimum absolute atomic E-state index is 0.111. The van der Waals surface area contributed by atoms with E-state index in [1.54, 1.807) is 0 Å². The van der Waals surface area contributed by atoms with Crippen molar-refractivity contribution in [1.29, 1.82) is 0 Å². The lowest BCUT2D eigenvalue weighted by molar-refractivity contribution is 0.292. The Bertz CT molecular complexity index is 358. The summed E-state index contributed by atoms with van der Waals surface area (Å²) in [4.78, 5) is 0. The molecule has 8 N–H and O–H groups in total. The van der Waals surface area contributed by atoms with E-state index in [1.165, 1.54) is 5.56 Å². The molecule has 0 saturated heterocycles.